The molecule has 2 rings (SSSR count). The van der Waals surface area contributed by atoms with E-state index in [9.17, 15) is 9.90 Å². The maximum Gasteiger partial charge on any atom is 0.251 e. The number of ether oxygens (including phenoxy) is 1. The summed E-state index contributed by atoms with van der Waals surface area (Å²) in [5, 5.41) is 18.7. The van der Waals surface area contributed by atoms with Crippen molar-refractivity contribution in [1.82, 2.24) is 16.0 Å². The molecular weight excluding hydrogens is 368 g/mol. The molecule has 1 aliphatic heterocycles. The third-order valence-corrected chi connectivity index (χ3v) is 4.96. The molecule has 1 saturated heterocycles. The molecule has 29 heavy (non-hydrogen) atoms. The number of carbonyl (C=O) groups excluding carboxylic acids is 1. The van der Waals surface area contributed by atoms with Crippen LogP contribution in [0.2, 0.25) is 0 Å². The van der Waals surface area contributed by atoms with Gasteiger partial charge in [0.25, 0.3) is 5.91 Å². The van der Waals surface area contributed by atoms with Crippen LogP contribution in [0, 0.1) is 11.3 Å². The first-order valence-corrected chi connectivity index (χ1v) is 10.5. The van der Waals surface area contributed by atoms with E-state index in [4.69, 9.17) is 9.73 Å². The summed E-state index contributed by atoms with van der Waals surface area (Å²) in [4.78, 5) is 16.9. The standard InChI is InChI=1S/C22H36N4O3/c1-5-23-21(26-15-17-7-6-14-29-19(17)22(2,3)4)25-13-12-24-20(28)16-8-10-18(27)11-9-16/h8-11,17,19,27H,5-7,12-15H2,1-4H3,(H,24,28)(H2,23,25,26). The van der Waals surface area contributed by atoms with E-state index in [-0.39, 0.29) is 23.2 Å². The lowest BCUT2D eigenvalue weighted by Gasteiger charge is -2.39. The van der Waals surface area contributed by atoms with Gasteiger partial charge in [-0.2, -0.15) is 0 Å². The summed E-state index contributed by atoms with van der Waals surface area (Å²) in [6, 6.07) is 6.20. The van der Waals surface area contributed by atoms with Crippen LogP contribution >= 0.6 is 0 Å². The van der Waals surface area contributed by atoms with Crippen LogP contribution in [0.15, 0.2) is 29.3 Å². The number of phenols is 1. The lowest BCUT2D eigenvalue weighted by atomic mass is 9.78. The number of rotatable bonds is 7. The molecule has 1 heterocycles. The van der Waals surface area contributed by atoms with Crippen molar-refractivity contribution in [3.05, 3.63) is 29.8 Å². The molecule has 0 spiro atoms. The largest absolute Gasteiger partial charge is 0.508 e. The van der Waals surface area contributed by atoms with Gasteiger partial charge < -0.3 is 25.8 Å². The van der Waals surface area contributed by atoms with Crippen LogP contribution < -0.4 is 16.0 Å². The molecule has 1 aliphatic rings. The second-order valence-corrected chi connectivity index (χ2v) is 8.51. The zero-order chi connectivity index (χ0) is 21.3. The highest BCUT2D eigenvalue weighted by Crippen LogP contribution is 2.34. The number of aliphatic imine (C=N–C) groups is 1. The fraction of sp³-hybridized carbons (Fsp3) is 0.636. The van der Waals surface area contributed by atoms with Crippen LogP contribution in [0.4, 0.5) is 0 Å². The molecule has 1 amide bonds. The van der Waals surface area contributed by atoms with Gasteiger partial charge in [0.15, 0.2) is 5.96 Å². The van der Waals surface area contributed by atoms with Crippen molar-refractivity contribution < 1.29 is 14.6 Å². The number of phenolic OH excluding ortho intramolecular Hbond substituents is 1. The van der Waals surface area contributed by atoms with Crippen LogP contribution in [0.5, 0.6) is 5.75 Å². The van der Waals surface area contributed by atoms with Gasteiger partial charge in [-0.3, -0.25) is 9.79 Å². The van der Waals surface area contributed by atoms with Crippen molar-refractivity contribution in [2.24, 2.45) is 16.3 Å². The summed E-state index contributed by atoms with van der Waals surface area (Å²) < 4.78 is 6.05. The predicted octanol–water partition coefficient (Wildman–Crippen LogP) is 2.52. The van der Waals surface area contributed by atoms with Gasteiger partial charge in [-0.15, -0.1) is 0 Å². The minimum absolute atomic E-state index is 0.102. The summed E-state index contributed by atoms with van der Waals surface area (Å²) in [5.41, 5.74) is 0.624. The van der Waals surface area contributed by atoms with E-state index in [1.807, 2.05) is 6.92 Å². The Kier molecular flexibility index (Phi) is 8.76. The van der Waals surface area contributed by atoms with Crippen molar-refractivity contribution in [1.29, 1.82) is 0 Å². The molecule has 0 bridgehead atoms. The molecule has 7 heteroatoms. The Labute approximate surface area is 174 Å². The number of amides is 1. The Balaban J connectivity index is 1.82. The van der Waals surface area contributed by atoms with Gasteiger partial charge in [0.1, 0.15) is 5.75 Å². The highest BCUT2D eigenvalue weighted by Gasteiger charge is 2.35. The Bertz CT molecular complexity index is 668. The normalized spacial score (nSPS) is 20.2. The molecule has 0 aromatic heterocycles. The first kappa shape index (κ1) is 23.0. The number of nitrogens with zero attached hydrogens (tertiary/aromatic N) is 1. The van der Waals surface area contributed by atoms with Gasteiger partial charge in [0.05, 0.1) is 6.10 Å². The summed E-state index contributed by atoms with van der Waals surface area (Å²) >= 11 is 0. The number of guanidine groups is 1. The van der Waals surface area contributed by atoms with E-state index in [1.54, 1.807) is 12.1 Å². The fourth-order valence-electron chi connectivity index (χ4n) is 3.61. The minimum Gasteiger partial charge on any atom is -0.508 e. The highest BCUT2D eigenvalue weighted by molar-refractivity contribution is 5.94. The second-order valence-electron chi connectivity index (χ2n) is 8.51. The van der Waals surface area contributed by atoms with Crippen LogP contribution in [-0.4, -0.2) is 55.9 Å². The van der Waals surface area contributed by atoms with Crippen LogP contribution in [0.3, 0.4) is 0 Å². The van der Waals surface area contributed by atoms with Crippen LogP contribution in [0.25, 0.3) is 0 Å². The number of nitrogens with one attached hydrogen (secondary N) is 3. The van der Waals surface area contributed by atoms with Gasteiger partial charge in [0, 0.05) is 44.3 Å². The Hall–Kier alpha value is -2.28. The van der Waals surface area contributed by atoms with Crippen molar-refractivity contribution in [2.75, 3.05) is 32.8 Å². The maximum atomic E-state index is 12.1. The molecule has 2 unspecified atom stereocenters. The van der Waals surface area contributed by atoms with Gasteiger partial charge in [-0.25, -0.2) is 0 Å². The summed E-state index contributed by atoms with van der Waals surface area (Å²) in [5.74, 6) is 1.14. The van der Waals surface area contributed by atoms with Crippen molar-refractivity contribution in [3.63, 3.8) is 0 Å². The van der Waals surface area contributed by atoms with E-state index < -0.39 is 0 Å². The van der Waals surface area contributed by atoms with Gasteiger partial charge >= 0.3 is 0 Å². The number of aromatic hydroxyl groups is 1. The van der Waals surface area contributed by atoms with Crippen LogP contribution in [-0.2, 0) is 4.74 Å². The number of hydrogen-bond acceptors (Lipinski definition) is 4. The van der Waals surface area contributed by atoms with E-state index in [1.165, 1.54) is 12.1 Å². The predicted molar refractivity (Wildman–Crippen MR) is 116 cm³/mol. The molecular formula is C22H36N4O3. The molecule has 0 radical (unpaired) electrons. The highest BCUT2D eigenvalue weighted by atomic mass is 16.5. The zero-order valence-electron chi connectivity index (χ0n) is 18.1. The minimum atomic E-state index is -0.166. The average molecular weight is 405 g/mol. The number of benzene rings is 1. The molecule has 162 valence electrons. The van der Waals surface area contributed by atoms with E-state index in [0.717, 1.165) is 38.5 Å². The molecule has 2 atom stereocenters. The molecule has 1 aromatic carbocycles. The smallest absolute Gasteiger partial charge is 0.251 e. The molecule has 1 fully saturated rings. The summed E-state index contributed by atoms with van der Waals surface area (Å²) in [7, 11) is 0. The summed E-state index contributed by atoms with van der Waals surface area (Å²) in [6.07, 6.45) is 2.43. The lowest BCUT2D eigenvalue weighted by molar-refractivity contribution is -0.0823. The van der Waals surface area contributed by atoms with Crippen molar-refractivity contribution in [3.8, 4) is 5.75 Å². The third-order valence-electron chi connectivity index (χ3n) is 4.96. The average Bonchev–Trinajstić information content (AvgIpc) is 2.69. The molecule has 0 saturated carbocycles. The third kappa shape index (κ3) is 7.57. The van der Waals surface area contributed by atoms with E-state index >= 15 is 0 Å². The number of hydrogen-bond donors (Lipinski definition) is 4. The Morgan fingerprint density at radius 1 is 1.17 bits per heavy atom. The first-order chi connectivity index (χ1) is 13.8. The fourth-order valence-corrected chi connectivity index (χ4v) is 3.61. The zero-order valence-corrected chi connectivity index (χ0v) is 18.1. The molecule has 4 N–H and O–H groups in total. The lowest BCUT2D eigenvalue weighted by Crippen LogP contribution is -2.44. The van der Waals surface area contributed by atoms with Gasteiger partial charge in [0.2, 0.25) is 0 Å². The Morgan fingerprint density at radius 2 is 1.86 bits per heavy atom. The van der Waals surface area contributed by atoms with Crippen LogP contribution in [0.1, 0.15) is 50.9 Å². The summed E-state index contributed by atoms with van der Waals surface area (Å²) in [6.45, 7) is 12.1. The topological polar surface area (TPSA) is 95.0 Å². The van der Waals surface area contributed by atoms with Crippen molar-refractivity contribution >= 4 is 11.9 Å². The molecule has 7 nitrogen and oxygen atoms in total. The Morgan fingerprint density at radius 3 is 2.52 bits per heavy atom. The van der Waals surface area contributed by atoms with Gasteiger partial charge in [-0.05, 0) is 49.4 Å². The number of carbonyl (C=O) groups is 1. The van der Waals surface area contributed by atoms with Gasteiger partial charge in [-0.1, -0.05) is 20.8 Å². The second kappa shape index (κ2) is 11.0. The SMILES string of the molecule is CCNC(=NCC1CCCOC1C(C)(C)C)NCCNC(=O)c1ccc(O)cc1. The van der Waals surface area contributed by atoms with Crippen molar-refractivity contribution in [2.45, 2.75) is 46.6 Å². The first-order valence-electron chi connectivity index (χ1n) is 10.5. The molecule has 0 aliphatic carbocycles. The molecule has 1 aromatic rings. The quantitative estimate of drug-likeness (QED) is 0.318. The maximum absolute atomic E-state index is 12.1. The van der Waals surface area contributed by atoms with E-state index in [0.29, 0.717) is 24.6 Å². The monoisotopic (exact) mass is 404 g/mol. The van der Waals surface area contributed by atoms with E-state index in [2.05, 4.69) is 36.7 Å².